The van der Waals surface area contributed by atoms with E-state index in [9.17, 15) is 13.2 Å². The first-order valence-electron chi connectivity index (χ1n) is 7.95. The monoisotopic (exact) mass is 374 g/mol. The van der Waals surface area contributed by atoms with Gasteiger partial charge in [0.2, 0.25) is 0 Å². The van der Waals surface area contributed by atoms with Crippen molar-refractivity contribution in [1.29, 1.82) is 0 Å². The predicted molar refractivity (Wildman–Crippen MR) is 95.4 cm³/mol. The lowest BCUT2D eigenvalue weighted by molar-refractivity contribution is -0.138. The molecule has 0 bridgehead atoms. The molecule has 2 heterocycles. The van der Waals surface area contributed by atoms with Crippen molar-refractivity contribution < 1.29 is 17.9 Å². The molecule has 0 fully saturated rings. The quantitative estimate of drug-likeness (QED) is 0.609. The van der Waals surface area contributed by atoms with Crippen LogP contribution in [0.15, 0.2) is 53.6 Å². The van der Waals surface area contributed by atoms with Crippen molar-refractivity contribution in [1.82, 2.24) is 14.6 Å². The average molecular weight is 374 g/mol. The fourth-order valence-electron chi connectivity index (χ4n) is 2.53. The molecule has 3 aromatic rings. The van der Waals surface area contributed by atoms with Crippen molar-refractivity contribution in [3.05, 3.63) is 54.5 Å². The number of hydrogen-bond donors (Lipinski definition) is 0. The summed E-state index contributed by atoms with van der Waals surface area (Å²) in [7, 11) is -2.78. The summed E-state index contributed by atoms with van der Waals surface area (Å²) in [5, 5.41) is 8.04. The van der Waals surface area contributed by atoms with Crippen molar-refractivity contribution in [2.75, 3.05) is 18.0 Å². The third-order valence-corrected chi connectivity index (χ3v) is 5.65. The smallest absolute Gasteiger partial charge is 0.326 e. The van der Waals surface area contributed by atoms with E-state index in [2.05, 4.69) is 14.9 Å². The molecule has 9 heteroatoms. The van der Waals surface area contributed by atoms with Crippen molar-refractivity contribution in [2.45, 2.75) is 18.2 Å². The van der Waals surface area contributed by atoms with Crippen LogP contribution in [0.5, 0.6) is 0 Å². The van der Waals surface area contributed by atoms with Crippen LogP contribution in [-0.2, 0) is 26.0 Å². The molecule has 0 atom stereocenters. The highest BCUT2D eigenvalue weighted by Gasteiger charge is 2.28. The molecule has 2 aromatic heterocycles. The molecule has 8 nitrogen and oxygen atoms in total. The van der Waals surface area contributed by atoms with Gasteiger partial charge in [-0.05, 0) is 24.3 Å². The molecule has 0 spiro atoms. The molecule has 0 saturated heterocycles. The molecule has 0 aliphatic carbocycles. The van der Waals surface area contributed by atoms with Crippen LogP contribution < -0.4 is 4.31 Å². The number of carbonyl (C=O) groups excluding carboxylic acids is 1. The number of methoxy groups -OCH3 is 1. The normalized spacial score (nSPS) is 11.5. The van der Waals surface area contributed by atoms with Gasteiger partial charge in [-0.2, -0.15) is 0 Å². The van der Waals surface area contributed by atoms with E-state index < -0.39 is 22.5 Å². The van der Waals surface area contributed by atoms with Crippen LogP contribution in [0.25, 0.3) is 5.65 Å². The van der Waals surface area contributed by atoms with Crippen LogP contribution in [0, 0.1) is 0 Å². The average Bonchev–Trinajstić information content (AvgIpc) is 3.08. The second kappa shape index (κ2) is 7.12. The molecule has 0 amide bonds. The SMILES string of the molecule is CCc1nnc2ccc(S(=O)(=O)N(CC(=O)OC)c3ccccc3)cn12. The fourth-order valence-corrected chi connectivity index (χ4v) is 3.94. The summed E-state index contributed by atoms with van der Waals surface area (Å²) in [4.78, 5) is 11.8. The number of fused-ring (bicyclic) bond motifs is 1. The number of nitrogens with zero attached hydrogens (tertiary/aromatic N) is 4. The third-order valence-electron chi connectivity index (χ3n) is 3.89. The number of sulfonamides is 1. The Bertz CT molecular complexity index is 1030. The standard InChI is InChI=1S/C17H18N4O4S/c1-3-15-18-19-16-10-9-14(11-20(15)16)26(23,24)21(12-17(22)25-2)13-7-5-4-6-8-13/h4-11H,3,12H2,1-2H3. The zero-order valence-electron chi connectivity index (χ0n) is 14.4. The van der Waals surface area contributed by atoms with Gasteiger partial charge in [0.15, 0.2) is 5.65 Å². The number of para-hydroxylation sites is 1. The van der Waals surface area contributed by atoms with Crippen molar-refractivity contribution in [3.8, 4) is 0 Å². The van der Waals surface area contributed by atoms with E-state index in [1.807, 2.05) is 6.92 Å². The summed E-state index contributed by atoms with van der Waals surface area (Å²) in [5.41, 5.74) is 0.928. The number of carbonyl (C=O) groups is 1. The van der Waals surface area contributed by atoms with E-state index in [1.165, 1.54) is 19.4 Å². The Hall–Kier alpha value is -2.94. The van der Waals surface area contributed by atoms with E-state index in [0.29, 0.717) is 23.6 Å². The Morgan fingerprint density at radius 1 is 1.15 bits per heavy atom. The highest BCUT2D eigenvalue weighted by atomic mass is 32.2. The number of hydrogen-bond acceptors (Lipinski definition) is 6. The summed E-state index contributed by atoms with van der Waals surface area (Å²) in [6.45, 7) is 1.48. The number of ether oxygens (including phenoxy) is 1. The minimum absolute atomic E-state index is 0.0345. The number of esters is 1. The summed E-state index contributed by atoms with van der Waals surface area (Å²) < 4.78 is 33.7. The van der Waals surface area contributed by atoms with E-state index in [4.69, 9.17) is 0 Å². The molecular formula is C17H18N4O4S. The van der Waals surface area contributed by atoms with Gasteiger partial charge in [-0.15, -0.1) is 10.2 Å². The van der Waals surface area contributed by atoms with Crippen molar-refractivity contribution in [3.63, 3.8) is 0 Å². The van der Waals surface area contributed by atoms with Crippen LogP contribution >= 0.6 is 0 Å². The van der Waals surface area contributed by atoms with Crippen LogP contribution in [0.3, 0.4) is 0 Å². The Balaban J connectivity index is 2.11. The minimum atomic E-state index is -4.00. The Morgan fingerprint density at radius 3 is 2.54 bits per heavy atom. The zero-order chi connectivity index (χ0) is 18.7. The minimum Gasteiger partial charge on any atom is -0.468 e. The van der Waals surface area contributed by atoms with Gasteiger partial charge in [0.25, 0.3) is 10.0 Å². The predicted octanol–water partition coefficient (Wildman–Crippen LogP) is 1.66. The number of benzene rings is 1. The van der Waals surface area contributed by atoms with Gasteiger partial charge in [-0.3, -0.25) is 13.5 Å². The number of anilines is 1. The summed E-state index contributed by atoms with van der Waals surface area (Å²) >= 11 is 0. The van der Waals surface area contributed by atoms with Gasteiger partial charge in [0.05, 0.1) is 12.8 Å². The first kappa shape index (κ1) is 17.9. The third kappa shape index (κ3) is 3.25. The van der Waals surface area contributed by atoms with E-state index >= 15 is 0 Å². The maximum absolute atomic E-state index is 13.2. The lowest BCUT2D eigenvalue weighted by atomic mass is 10.3. The number of pyridine rings is 1. The van der Waals surface area contributed by atoms with E-state index in [-0.39, 0.29) is 4.90 Å². The number of aryl methyl sites for hydroxylation is 1. The van der Waals surface area contributed by atoms with Gasteiger partial charge < -0.3 is 4.74 Å². The number of aromatic nitrogens is 3. The van der Waals surface area contributed by atoms with Crippen molar-refractivity contribution >= 4 is 27.3 Å². The molecule has 26 heavy (non-hydrogen) atoms. The summed E-state index contributed by atoms with van der Waals surface area (Å²) in [6, 6.07) is 11.4. The lowest BCUT2D eigenvalue weighted by Gasteiger charge is -2.23. The molecule has 1 aromatic carbocycles. The highest BCUT2D eigenvalue weighted by Crippen LogP contribution is 2.24. The molecular weight excluding hydrogens is 356 g/mol. The van der Waals surface area contributed by atoms with E-state index in [0.717, 1.165) is 4.31 Å². The zero-order valence-corrected chi connectivity index (χ0v) is 15.2. The van der Waals surface area contributed by atoms with Crippen LogP contribution in [0.4, 0.5) is 5.69 Å². The lowest BCUT2D eigenvalue weighted by Crippen LogP contribution is -2.36. The molecule has 0 N–H and O–H groups in total. The topological polar surface area (TPSA) is 93.9 Å². The van der Waals surface area contributed by atoms with Gasteiger partial charge in [0, 0.05) is 12.6 Å². The second-order valence-corrected chi connectivity index (χ2v) is 7.35. The maximum Gasteiger partial charge on any atom is 0.326 e. The first-order chi connectivity index (χ1) is 12.5. The Morgan fingerprint density at radius 2 is 1.88 bits per heavy atom. The molecule has 3 rings (SSSR count). The second-order valence-electron chi connectivity index (χ2n) is 5.49. The fraction of sp³-hybridized carbons (Fsp3) is 0.235. The largest absolute Gasteiger partial charge is 0.468 e. The molecule has 0 saturated carbocycles. The van der Waals surface area contributed by atoms with Crippen LogP contribution in [0.1, 0.15) is 12.7 Å². The van der Waals surface area contributed by atoms with Gasteiger partial charge in [-0.25, -0.2) is 8.42 Å². The van der Waals surface area contributed by atoms with Gasteiger partial charge >= 0.3 is 5.97 Å². The summed E-state index contributed by atoms with van der Waals surface area (Å²) in [6.07, 6.45) is 2.08. The first-order valence-corrected chi connectivity index (χ1v) is 9.39. The molecule has 0 aliphatic rings. The van der Waals surface area contributed by atoms with Gasteiger partial charge in [-0.1, -0.05) is 25.1 Å². The van der Waals surface area contributed by atoms with E-state index in [1.54, 1.807) is 40.8 Å². The van der Waals surface area contributed by atoms with Crippen molar-refractivity contribution in [2.24, 2.45) is 0 Å². The molecule has 0 unspecified atom stereocenters. The maximum atomic E-state index is 13.2. The van der Waals surface area contributed by atoms with Crippen LogP contribution in [-0.4, -0.2) is 42.6 Å². The summed E-state index contributed by atoms with van der Waals surface area (Å²) in [5.74, 6) is -0.00618. The molecule has 136 valence electrons. The van der Waals surface area contributed by atoms with Crippen LogP contribution in [0.2, 0.25) is 0 Å². The molecule has 0 radical (unpaired) electrons. The Labute approximate surface area is 151 Å². The highest BCUT2D eigenvalue weighted by molar-refractivity contribution is 7.92. The Kier molecular flexibility index (Phi) is 4.90. The number of rotatable bonds is 6. The molecule has 0 aliphatic heterocycles. The van der Waals surface area contributed by atoms with Gasteiger partial charge in [0.1, 0.15) is 17.3 Å².